The second-order valence-electron chi connectivity index (χ2n) is 3.42. The molecule has 0 aliphatic heterocycles. The van der Waals surface area contributed by atoms with E-state index in [4.69, 9.17) is 9.15 Å². The normalized spacial score (nSPS) is 9.88. The Kier molecular flexibility index (Phi) is 3.40. The first-order chi connectivity index (χ1) is 8.33. The zero-order valence-electron chi connectivity index (χ0n) is 9.26. The van der Waals surface area contributed by atoms with Gasteiger partial charge in [0.1, 0.15) is 6.61 Å². The topological polar surface area (TPSA) is 39.4 Å². The lowest BCUT2D eigenvalue weighted by molar-refractivity contribution is 0.0515. The standard InChI is InChI=1S/C14H12O3/c1-2-9-17-14(15)13-12(8-10-16-13)11-6-4-3-5-7-11/h2-8,10H,1,9H2. The predicted octanol–water partition coefficient (Wildman–Crippen LogP) is 3.29. The first-order valence-electron chi connectivity index (χ1n) is 5.24. The van der Waals surface area contributed by atoms with Gasteiger partial charge in [-0.25, -0.2) is 4.79 Å². The van der Waals surface area contributed by atoms with Crippen molar-refractivity contribution in [3.63, 3.8) is 0 Å². The van der Waals surface area contributed by atoms with E-state index in [1.165, 1.54) is 12.3 Å². The third kappa shape index (κ3) is 2.45. The Labute approximate surface area is 99.3 Å². The predicted molar refractivity (Wildman–Crippen MR) is 64.6 cm³/mol. The maximum atomic E-state index is 11.7. The highest BCUT2D eigenvalue weighted by atomic mass is 16.5. The summed E-state index contributed by atoms with van der Waals surface area (Å²) in [5.41, 5.74) is 1.66. The molecule has 1 heterocycles. The van der Waals surface area contributed by atoms with Crippen molar-refractivity contribution in [2.45, 2.75) is 0 Å². The second-order valence-corrected chi connectivity index (χ2v) is 3.42. The van der Waals surface area contributed by atoms with Crippen molar-refractivity contribution in [1.82, 2.24) is 0 Å². The van der Waals surface area contributed by atoms with Crippen LogP contribution in [0.5, 0.6) is 0 Å². The van der Waals surface area contributed by atoms with Gasteiger partial charge in [0.05, 0.1) is 6.26 Å². The summed E-state index contributed by atoms with van der Waals surface area (Å²) in [5, 5.41) is 0. The maximum Gasteiger partial charge on any atom is 0.375 e. The number of ether oxygens (including phenoxy) is 1. The third-order valence-electron chi connectivity index (χ3n) is 2.27. The van der Waals surface area contributed by atoms with E-state index < -0.39 is 5.97 Å². The minimum Gasteiger partial charge on any atom is -0.457 e. The van der Waals surface area contributed by atoms with Gasteiger partial charge in [-0.1, -0.05) is 43.0 Å². The summed E-state index contributed by atoms with van der Waals surface area (Å²) in [6.07, 6.45) is 3.00. The van der Waals surface area contributed by atoms with E-state index in [9.17, 15) is 4.79 Å². The van der Waals surface area contributed by atoms with Crippen LogP contribution in [-0.2, 0) is 4.74 Å². The Bertz CT molecular complexity index is 511. The summed E-state index contributed by atoms with van der Waals surface area (Å²) in [5.74, 6) is -0.258. The average molecular weight is 228 g/mol. The van der Waals surface area contributed by atoms with Crippen LogP contribution >= 0.6 is 0 Å². The highest BCUT2D eigenvalue weighted by Crippen LogP contribution is 2.25. The fourth-order valence-electron chi connectivity index (χ4n) is 1.51. The molecule has 0 radical (unpaired) electrons. The Morgan fingerprint density at radius 1 is 1.29 bits per heavy atom. The molecule has 0 saturated carbocycles. The fourth-order valence-corrected chi connectivity index (χ4v) is 1.51. The molecule has 0 aliphatic rings. The number of rotatable bonds is 4. The Morgan fingerprint density at radius 3 is 2.76 bits per heavy atom. The number of hydrogen-bond donors (Lipinski definition) is 0. The van der Waals surface area contributed by atoms with Gasteiger partial charge in [-0.2, -0.15) is 0 Å². The Balaban J connectivity index is 2.29. The van der Waals surface area contributed by atoms with Gasteiger partial charge in [-0.05, 0) is 11.6 Å². The Hall–Kier alpha value is -2.29. The van der Waals surface area contributed by atoms with Crippen LogP contribution in [-0.4, -0.2) is 12.6 Å². The van der Waals surface area contributed by atoms with E-state index in [1.54, 1.807) is 6.07 Å². The molecule has 0 bridgehead atoms. The van der Waals surface area contributed by atoms with Crippen LogP contribution in [0.4, 0.5) is 0 Å². The van der Waals surface area contributed by atoms with Crippen LogP contribution < -0.4 is 0 Å². The van der Waals surface area contributed by atoms with Crippen molar-refractivity contribution in [3.8, 4) is 11.1 Å². The van der Waals surface area contributed by atoms with Crippen LogP contribution in [0.1, 0.15) is 10.6 Å². The summed E-state index contributed by atoms with van der Waals surface area (Å²) in [6, 6.07) is 11.3. The summed E-state index contributed by atoms with van der Waals surface area (Å²) in [4.78, 5) is 11.7. The van der Waals surface area contributed by atoms with Crippen LogP contribution in [0.15, 0.2) is 59.7 Å². The van der Waals surface area contributed by atoms with E-state index >= 15 is 0 Å². The molecular formula is C14H12O3. The van der Waals surface area contributed by atoms with Gasteiger partial charge in [0.25, 0.3) is 0 Å². The van der Waals surface area contributed by atoms with Crippen LogP contribution in [0.25, 0.3) is 11.1 Å². The molecule has 0 atom stereocenters. The van der Waals surface area contributed by atoms with Gasteiger partial charge in [-0.15, -0.1) is 0 Å². The first kappa shape index (κ1) is 11.2. The van der Waals surface area contributed by atoms with Gasteiger partial charge < -0.3 is 9.15 Å². The van der Waals surface area contributed by atoms with E-state index in [1.807, 2.05) is 30.3 Å². The zero-order chi connectivity index (χ0) is 12.1. The third-order valence-corrected chi connectivity index (χ3v) is 2.27. The molecule has 0 saturated heterocycles. The Morgan fingerprint density at radius 2 is 2.06 bits per heavy atom. The SMILES string of the molecule is C=CCOC(=O)c1occc1-c1ccccc1. The molecule has 0 unspecified atom stereocenters. The molecular weight excluding hydrogens is 216 g/mol. The van der Waals surface area contributed by atoms with Crippen molar-refractivity contribution < 1.29 is 13.9 Å². The van der Waals surface area contributed by atoms with Crippen molar-refractivity contribution >= 4 is 5.97 Å². The lowest BCUT2D eigenvalue weighted by Crippen LogP contribution is -2.04. The molecule has 2 aromatic rings. The number of carbonyl (C=O) groups excluding carboxylic acids is 1. The maximum absolute atomic E-state index is 11.7. The zero-order valence-corrected chi connectivity index (χ0v) is 9.26. The van der Waals surface area contributed by atoms with Gasteiger partial charge >= 0.3 is 5.97 Å². The first-order valence-corrected chi connectivity index (χ1v) is 5.24. The molecule has 86 valence electrons. The van der Waals surface area contributed by atoms with E-state index in [0.717, 1.165) is 11.1 Å². The summed E-state index contributed by atoms with van der Waals surface area (Å²) in [6.45, 7) is 3.66. The van der Waals surface area contributed by atoms with Gasteiger partial charge in [-0.3, -0.25) is 0 Å². The van der Waals surface area contributed by atoms with E-state index in [2.05, 4.69) is 6.58 Å². The molecule has 0 spiro atoms. The van der Waals surface area contributed by atoms with Gasteiger partial charge in [0.2, 0.25) is 5.76 Å². The number of benzene rings is 1. The lowest BCUT2D eigenvalue weighted by Gasteiger charge is -2.02. The van der Waals surface area contributed by atoms with Gasteiger partial charge in [0.15, 0.2) is 0 Å². The second kappa shape index (κ2) is 5.16. The van der Waals surface area contributed by atoms with Crippen molar-refractivity contribution in [3.05, 3.63) is 61.1 Å². The average Bonchev–Trinajstić information content (AvgIpc) is 2.86. The molecule has 3 nitrogen and oxygen atoms in total. The quantitative estimate of drug-likeness (QED) is 0.595. The molecule has 17 heavy (non-hydrogen) atoms. The number of carbonyl (C=O) groups is 1. The molecule has 0 aliphatic carbocycles. The summed E-state index contributed by atoms with van der Waals surface area (Å²) >= 11 is 0. The largest absolute Gasteiger partial charge is 0.457 e. The molecule has 1 aromatic heterocycles. The van der Waals surface area contributed by atoms with Crippen LogP contribution in [0, 0.1) is 0 Å². The van der Waals surface area contributed by atoms with Crippen molar-refractivity contribution in [1.29, 1.82) is 0 Å². The molecule has 3 heteroatoms. The number of esters is 1. The van der Waals surface area contributed by atoms with Crippen LogP contribution in [0.3, 0.4) is 0 Å². The highest BCUT2D eigenvalue weighted by molar-refractivity contribution is 5.94. The lowest BCUT2D eigenvalue weighted by atomic mass is 10.1. The van der Waals surface area contributed by atoms with E-state index in [0.29, 0.717) is 0 Å². The smallest absolute Gasteiger partial charge is 0.375 e. The van der Waals surface area contributed by atoms with Crippen molar-refractivity contribution in [2.24, 2.45) is 0 Å². The summed E-state index contributed by atoms with van der Waals surface area (Å²) < 4.78 is 10.1. The van der Waals surface area contributed by atoms with Gasteiger partial charge in [0, 0.05) is 5.56 Å². The summed E-state index contributed by atoms with van der Waals surface area (Å²) in [7, 11) is 0. The van der Waals surface area contributed by atoms with Crippen molar-refractivity contribution in [2.75, 3.05) is 6.61 Å². The number of furan rings is 1. The minimum atomic E-state index is -0.478. The van der Waals surface area contributed by atoms with Crippen LogP contribution in [0.2, 0.25) is 0 Å². The fraction of sp³-hybridized carbons (Fsp3) is 0.0714. The molecule has 1 aromatic carbocycles. The number of hydrogen-bond acceptors (Lipinski definition) is 3. The monoisotopic (exact) mass is 228 g/mol. The molecule has 0 N–H and O–H groups in total. The molecule has 0 amide bonds. The molecule has 0 fully saturated rings. The highest BCUT2D eigenvalue weighted by Gasteiger charge is 2.17. The molecule has 2 rings (SSSR count). The minimum absolute atomic E-state index is 0.174. The van der Waals surface area contributed by atoms with E-state index in [-0.39, 0.29) is 12.4 Å².